The van der Waals surface area contributed by atoms with Crippen LogP contribution in [0.25, 0.3) is 0 Å². The topological polar surface area (TPSA) is 86.3 Å². The van der Waals surface area contributed by atoms with Gasteiger partial charge in [0.05, 0.1) is 30.3 Å². The quantitative estimate of drug-likeness (QED) is 0.768. The number of ether oxygens (including phenoxy) is 4. The molecule has 0 saturated heterocycles. The van der Waals surface area contributed by atoms with Gasteiger partial charge in [0, 0.05) is 0 Å². The van der Waals surface area contributed by atoms with E-state index in [1.165, 1.54) is 4.90 Å². The molecule has 0 atom stereocenters. The summed E-state index contributed by atoms with van der Waals surface area (Å²) in [7, 11) is 0. The van der Waals surface area contributed by atoms with Gasteiger partial charge in [-0.1, -0.05) is 17.7 Å². The summed E-state index contributed by atoms with van der Waals surface area (Å²) in [6.07, 6.45) is -1.72. The van der Waals surface area contributed by atoms with Crippen molar-refractivity contribution in [2.75, 3.05) is 18.1 Å². The Morgan fingerprint density at radius 1 is 0.852 bits per heavy atom. The van der Waals surface area contributed by atoms with Crippen molar-refractivity contribution in [1.82, 2.24) is 5.32 Å². The van der Waals surface area contributed by atoms with Gasteiger partial charge in [0.15, 0.2) is 0 Å². The van der Waals surface area contributed by atoms with E-state index in [0.717, 1.165) is 5.56 Å². The number of nitrogens with zero attached hydrogens (tertiary/aromatic N) is 1. The molecule has 1 aliphatic rings. The molecule has 0 saturated carbocycles. The van der Waals surface area contributed by atoms with E-state index in [0.29, 0.717) is 17.1 Å². The number of carbonyl (C=O) groups is 2. The minimum atomic E-state index is -0.860. The number of aryl methyl sites for hydroxylation is 1. The highest BCUT2D eigenvalue weighted by Crippen LogP contribution is 2.32. The fourth-order valence-electron chi connectivity index (χ4n) is 2.44. The zero-order chi connectivity index (χ0) is 20.0. The Kier molecular flexibility index (Phi) is 6.70. The lowest BCUT2D eigenvalue weighted by atomic mass is 10.2. The van der Waals surface area contributed by atoms with Gasteiger partial charge in [-0.2, -0.15) is 0 Å². The van der Waals surface area contributed by atoms with Crippen LogP contribution in [0, 0.1) is 6.92 Å². The van der Waals surface area contributed by atoms with Crippen LogP contribution >= 0.6 is 0 Å². The normalized spacial score (nSPS) is 13.9. The van der Waals surface area contributed by atoms with Crippen molar-refractivity contribution in [3.63, 3.8) is 0 Å². The summed E-state index contributed by atoms with van der Waals surface area (Å²) in [6.45, 7) is 9.13. The Labute approximate surface area is 158 Å². The number of hydrogen-bond donors (Lipinski definition) is 1. The molecular formula is C19H24N2O6. The van der Waals surface area contributed by atoms with Crippen LogP contribution in [-0.4, -0.2) is 25.5 Å². The molecule has 1 aromatic carbocycles. The number of nitrogens with one attached hydrogen (secondary N) is 1. The van der Waals surface area contributed by atoms with Crippen molar-refractivity contribution in [3.05, 3.63) is 53.0 Å². The van der Waals surface area contributed by atoms with E-state index in [9.17, 15) is 9.59 Å². The number of rotatable bonds is 5. The first kappa shape index (κ1) is 20.2. The Bertz CT molecular complexity index is 725. The molecule has 0 aliphatic carbocycles. The molecule has 8 nitrogen and oxygen atoms in total. The Morgan fingerprint density at radius 3 is 1.70 bits per heavy atom. The standard InChI is InChI=1S/C19H24N2O6/c1-6-24-18(22)26-16-13(4)20-14(5)17(27-19(23)25-7-2)21(16)15-10-8-12(3)9-11-15/h8-11,20H,6-7H2,1-5H3. The lowest BCUT2D eigenvalue weighted by Crippen LogP contribution is -2.37. The van der Waals surface area contributed by atoms with Gasteiger partial charge in [-0.15, -0.1) is 0 Å². The predicted molar refractivity (Wildman–Crippen MR) is 98.4 cm³/mol. The minimum absolute atomic E-state index is 0.141. The van der Waals surface area contributed by atoms with Crippen molar-refractivity contribution in [2.24, 2.45) is 0 Å². The number of allylic oxidation sites excluding steroid dienone is 2. The van der Waals surface area contributed by atoms with Crippen molar-refractivity contribution >= 4 is 18.0 Å². The van der Waals surface area contributed by atoms with E-state index < -0.39 is 12.3 Å². The maximum Gasteiger partial charge on any atom is 0.515 e. The third-order valence-corrected chi connectivity index (χ3v) is 3.60. The molecule has 1 heterocycles. The summed E-state index contributed by atoms with van der Waals surface area (Å²) < 4.78 is 20.5. The molecular weight excluding hydrogens is 352 g/mol. The summed E-state index contributed by atoms with van der Waals surface area (Å²) in [5, 5.41) is 3.04. The van der Waals surface area contributed by atoms with Gasteiger partial charge < -0.3 is 24.3 Å². The van der Waals surface area contributed by atoms with Crippen LogP contribution in [0.4, 0.5) is 15.3 Å². The fraction of sp³-hybridized carbons (Fsp3) is 0.368. The lowest BCUT2D eigenvalue weighted by Gasteiger charge is -2.33. The number of hydrogen-bond acceptors (Lipinski definition) is 8. The zero-order valence-corrected chi connectivity index (χ0v) is 16.1. The SMILES string of the molecule is CCOC(=O)OC1=C(C)NC(C)=C(OC(=O)OCC)N1c1ccc(C)cc1. The number of carbonyl (C=O) groups excluding carboxylic acids is 2. The van der Waals surface area contributed by atoms with E-state index in [1.807, 2.05) is 31.2 Å². The molecule has 0 amide bonds. The van der Waals surface area contributed by atoms with Crippen molar-refractivity contribution in [1.29, 1.82) is 0 Å². The molecule has 1 aliphatic heterocycles. The van der Waals surface area contributed by atoms with Gasteiger partial charge in [0.2, 0.25) is 11.8 Å². The molecule has 1 N–H and O–H groups in total. The van der Waals surface area contributed by atoms with E-state index in [4.69, 9.17) is 18.9 Å². The highest BCUT2D eigenvalue weighted by Gasteiger charge is 2.32. The summed E-state index contributed by atoms with van der Waals surface area (Å²) in [6, 6.07) is 7.44. The first-order chi connectivity index (χ1) is 12.9. The minimum Gasteiger partial charge on any atom is -0.434 e. The maximum atomic E-state index is 11.9. The number of anilines is 1. The average molecular weight is 376 g/mol. The molecule has 0 unspecified atom stereocenters. The third-order valence-electron chi connectivity index (χ3n) is 3.60. The van der Waals surface area contributed by atoms with Crippen LogP contribution in [0.2, 0.25) is 0 Å². The van der Waals surface area contributed by atoms with Crippen LogP contribution in [0.1, 0.15) is 33.3 Å². The second-order valence-electron chi connectivity index (χ2n) is 5.73. The van der Waals surface area contributed by atoms with Gasteiger partial charge >= 0.3 is 12.3 Å². The second kappa shape index (κ2) is 8.98. The molecule has 27 heavy (non-hydrogen) atoms. The van der Waals surface area contributed by atoms with E-state index in [2.05, 4.69) is 5.32 Å². The molecule has 0 aromatic heterocycles. The summed E-state index contributed by atoms with van der Waals surface area (Å²) >= 11 is 0. The number of benzene rings is 1. The Hall–Kier alpha value is -3.16. The predicted octanol–water partition coefficient (Wildman–Crippen LogP) is 4.13. The van der Waals surface area contributed by atoms with Crippen LogP contribution in [0.3, 0.4) is 0 Å². The van der Waals surface area contributed by atoms with Crippen molar-refractivity contribution in [3.8, 4) is 0 Å². The zero-order valence-electron chi connectivity index (χ0n) is 16.1. The van der Waals surface area contributed by atoms with Gasteiger partial charge in [-0.25, -0.2) is 14.5 Å². The molecule has 0 radical (unpaired) electrons. The second-order valence-corrected chi connectivity index (χ2v) is 5.73. The molecule has 1 aromatic rings. The van der Waals surface area contributed by atoms with E-state index >= 15 is 0 Å². The van der Waals surface area contributed by atoms with Crippen LogP contribution in [-0.2, 0) is 18.9 Å². The smallest absolute Gasteiger partial charge is 0.434 e. The largest absolute Gasteiger partial charge is 0.515 e. The average Bonchev–Trinajstić information content (AvgIpc) is 2.61. The lowest BCUT2D eigenvalue weighted by molar-refractivity contribution is 0.0690. The van der Waals surface area contributed by atoms with Crippen LogP contribution in [0.15, 0.2) is 47.4 Å². The Balaban J connectivity index is 2.47. The molecule has 0 bridgehead atoms. The van der Waals surface area contributed by atoms with E-state index in [1.54, 1.807) is 27.7 Å². The van der Waals surface area contributed by atoms with E-state index in [-0.39, 0.29) is 25.0 Å². The summed E-state index contributed by atoms with van der Waals surface area (Å²) in [5.41, 5.74) is 2.80. The Morgan fingerprint density at radius 2 is 1.30 bits per heavy atom. The van der Waals surface area contributed by atoms with Gasteiger partial charge in [0.1, 0.15) is 0 Å². The van der Waals surface area contributed by atoms with Crippen LogP contribution in [0.5, 0.6) is 0 Å². The summed E-state index contributed by atoms with van der Waals surface area (Å²) in [4.78, 5) is 25.4. The molecule has 146 valence electrons. The van der Waals surface area contributed by atoms with Crippen LogP contribution < -0.4 is 10.2 Å². The fourth-order valence-corrected chi connectivity index (χ4v) is 2.44. The third kappa shape index (κ3) is 4.93. The highest BCUT2D eigenvalue weighted by atomic mass is 16.7. The molecule has 0 fully saturated rings. The molecule has 2 rings (SSSR count). The highest BCUT2D eigenvalue weighted by molar-refractivity contribution is 5.69. The van der Waals surface area contributed by atoms with Crippen molar-refractivity contribution in [2.45, 2.75) is 34.6 Å². The first-order valence-corrected chi connectivity index (χ1v) is 8.62. The van der Waals surface area contributed by atoms with Gasteiger partial charge in [0.25, 0.3) is 0 Å². The monoisotopic (exact) mass is 376 g/mol. The first-order valence-electron chi connectivity index (χ1n) is 8.62. The van der Waals surface area contributed by atoms with Gasteiger partial charge in [-0.3, -0.25) is 0 Å². The summed E-state index contributed by atoms with van der Waals surface area (Å²) in [5.74, 6) is 0.282. The van der Waals surface area contributed by atoms with Gasteiger partial charge in [-0.05, 0) is 46.8 Å². The molecule has 8 heteroatoms. The molecule has 0 spiro atoms. The van der Waals surface area contributed by atoms with Crippen molar-refractivity contribution < 1.29 is 28.5 Å². The maximum absolute atomic E-state index is 11.9.